The van der Waals surface area contributed by atoms with Gasteiger partial charge in [0.2, 0.25) is 11.7 Å². The number of nitrogens with one attached hydrogen (secondary N) is 2. The van der Waals surface area contributed by atoms with E-state index in [9.17, 15) is 39.9 Å². The lowest BCUT2D eigenvalue weighted by atomic mass is 10.0. The van der Waals surface area contributed by atoms with Crippen LogP contribution in [0, 0.1) is 0 Å². The van der Waals surface area contributed by atoms with Gasteiger partial charge in [0, 0.05) is 6.42 Å². The predicted octanol–water partition coefficient (Wildman–Crippen LogP) is -5.01. The minimum Gasteiger partial charge on any atom is -0.508 e. The summed E-state index contributed by atoms with van der Waals surface area (Å²) in [5.74, 6) is -4.80. The highest BCUT2D eigenvalue weighted by Gasteiger charge is 2.54. The number of phenolic OH excluding ortho intramolecular Hbond substituents is 1. The average molecular weight is 458 g/mol. The summed E-state index contributed by atoms with van der Waals surface area (Å²) in [6, 6.07) is 5.05. The first kappa shape index (κ1) is 25.5. The van der Waals surface area contributed by atoms with Crippen molar-refractivity contribution in [1.82, 2.24) is 10.6 Å². The molecule has 1 saturated heterocycles. The molecule has 0 radical (unpaired) electrons. The Morgan fingerprint density at radius 2 is 1.78 bits per heavy atom. The monoisotopic (exact) mass is 458 g/mol. The van der Waals surface area contributed by atoms with E-state index < -0.39 is 67.6 Å². The van der Waals surface area contributed by atoms with Gasteiger partial charge >= 0.3 is 5.97 Å². The van der Waals surface area contributed by atoms with Gasteiger partial charge in [0.25, 0.3) is 5.91 Å². The smallest absolute Gasteiger partial charge is 0.322 e. The zero-order chi connectivity index (χ0) is 23.9. The molecule has 0 spiro atoms. The van der Waals surface area contributed by atoms with Crippen LogP contribution < -0.4 is 16.0 Å². The molecule has 2 amide bonds. The second kappa shape index (κ2) is 11.2. The quantitative estimate of drug-likeness (QED) is 0.153. The fourth-order valence-electron chi connectivity index (χ4n) is 3.20. The van der Waals surface area contributed by atoms with E-state index in [0.717, 1.165) is 0 Å². The fraction of sp³-hybridized carbons (Fsp3) is 0.526. The molecule has 0 saturated carbocycles. The lowest BCUT2D eigenvalue weighted by Gasteiger charge is -2.26. The molecule has 0 aliphatic carbocycles. The van der Waals surface area contributed by atoms with Crippen LogP contribution in [-0.4, -0.2) is 105 Å². The number of ether oxygens (including phenoxy) is 1. The number of hydrogen-bond donors (Lipinski definition) is 9. The third kappa shape index (κ3) is 6.85. The SMILES string of the molecule is O=C(O)CNC(=O)CNC(=O)[C@H](Cc1ccc(O)cc1)[NH2+]C[C@]1(O)O[C@H](CO)[C@@H](O)[C@@H]1O. The van der Waals surface area contributed by atoms with Crippen LogP contribution in [0.25, 0.3) is 0 Å². The van der Waals surface area contributed by atoms with Crippen LogP contribution in [0.3, 0.4) is 0 Å². The number of amides is 2. The Kier molecular flexibility index (Phi) is 8.89. The van der Waals surface area contributed by atoms with E-state index in [0.29, 0.717) is 5.56 Å². The predicted molar refractivity (Wildman–Crippen MR) is 105 cm³/mol. The topological polar surface area (TPSA) is 222 Å². The Hall–Kier alpha value is -2.81. The maximum atomic E-state index is 12.7. The van der Waals surface area contributed by atoms with Gasteiger partial charge in [-0.1, -0.05) is 12.1 Å². The number of aliphatic carboxylic acids is 1. The highest BCUT2D eigenvalue weighted by molar-refractivity contribution is 5.88. The third-order valence-corrected chi connectivity index (χ3v) is 4.99. The van der Waals surface area contributed by atoms with Crippen LogP contribution in [0.15, 0.2) is 24.3 Å². The molecule has 1 aromatic carbocycles. The molecule has 1 aliphatic rings. The summed E-state index contributed by atoms with van der Waals surface area (Å²) < 4.78 is 5.16. The van der Waals surface area contributed by atoms with Crippen molar-refractivity contribution in [2.75, 3.05) is 26.2 Å². The normalized spacial score (nSPS) is 25.8. The molecule has 32 heavy (non-hydrogen) atoms. The van der Waals surface area contributed by atoms with Gasteiger partial charge in [0.15, 0.2) is 6.04 Å². The Labute approximate surface area is 182 Å². The second-order valence-corrected chi connectivity index (χ2v) is 7.42. The van der Waals surface area contributed by atoms with Crippen molar-refractivity contribution in [2.24, 2.45) is 0 Å². The molecule has 1 heterocycles. The molecule has 1 aromatic rings. The first-order valence-electron chi connectivity index (χ1n) is 9.80. The molecule has 13 nitrogen and oxygen atoms in total. The number of carboxylic acids is 1. The number of carboxylic acid groups (broad SMARTS) is 1. The van der Waals surface area contributed by atoms with Gasteiger partial charge in [-0.15, -0.1) is 0 Å². The standard InChI is InChI=1S/C19H27N3O10/c23-8-13-16(28)17(29)19(31,32-13)9-22-12(5-10-1-3-11(24)4-2-10)18(30)21-6-14(25)20-7-15(26)27/h1-4,12-13,16-17,22-24,28-29,31H,5-9H2,(H,20,25)(H,21,30)(H,26,27)/p+1/t12-,13+,16+,17-,19-/m0/s1. The number of hydrogen-bond acceptors (Lipinski definition) is 9. The number of aromatic hydroxyl groups is 1. The first-order valence-corrected chi connectivity index (χ1v) is 9.80. The molecule has 1 aliphatic heterocycles. The summed E-state index contributed by atoms with van der Waals surface area (Å²) in [4.78, 5) is 34.8. The number of aliphatic hydroxyl groups is 4. The molecule has 13 heteroatoms. The van der Waals surface area contributed by atoms with E-state index in [1.54, 1.807) is 12.1 Å². The Bertz CT molecular complexity index is 805. The Balaban J connectivity index is 2.05. The van der Waals surface area contributed by atoms with Crippen molar-refractivity contribution < 1.29 is 55.1 Å². The maximum absolute atomic E-state index is 12.7. The molecular formula is C19H28N3O10+. The molecule has 178 valence electrons. The minimum atomic E-state index is -2.24. The van der Waals surface area contributed by atoms with E-state index in [1.165, 1.54) is 17.4 Å². The van der Waals surface area contributed by atoms with Crippen molar-refractivity contribution in [3.63, 3.8) is 0 Å². The maximum Gasteiger partial charge on any atom is 0.322 e. The summed E-state index contributed by atoms with van der Waals surface area (Å²) in [7, 11) is 0. The van der Waals surface area contributed by atoms with E-state index in [2.05, 4.69) is 10.6 Å². The number of rotatable bonds is 11. The zero-order valence-corrected chi connectivity index (χ0v) is 17.0. The van der Waals surface area contributed by atoms with Crippen molar-refractivity contribution in [3.8, 4) is 5.75 Å². The number of quaternary nitrogens is 1. The number of aliphatic hydroxyl groups excluding tert-OH is 3. The first-order chi connectivity index (χ1) is 15.1. The van der Waals surface area contributed by atoms with Crippen LogP contribution in [-0.2, 0) is 25.5 Å². The molecule has 1 fully saturated rings. The van der Waals surface area contributed by atoms with Crippen LogP contribution in [0.4, 0.5) is 0 Å². The lowest BCUT2D eigenvalue weighted by molar-refractivity contribution is -0.697. The van der Waals surface area contributed by atoms with Gasteiger partial charge in [-0.25, -0.2) is 0 Å². The van der Waals surface area contributed by atoms with E-state index in [-0.39, 0.29) is 18.7 Å². The third-order valence-electron chi connectivity index (χ3n) is 4.99. The van der Waals surface area contributed by atoms with Gasteiger partial charge in [-0.2, -0.15) is 0 Å². The Morgan fingerprint density at radius 3 is 2.34 bits per heavy atom. The van der Waals surface area contributed by atoms with Crippen LogP contribution in [0.1, 0.15) is 5.56 Å². The highest BCUT2D eigenvalue weighted by Crippen LogP contribution is 2.27. The minimum absolute atomic E-state index is 0.0228. The summed E-state index contributed by atoms with van der Waals surface area (Å²) in [5.41, 5.74) is 0.641. The number of phenols is 1. The van der Waals surface area contributed by atoms with E-state index >= 15 is 0 Å². The van der Waals surface area contributed by atoms with Crippen LogP contribution >= 0.6 is 0 Å². The van der Waals surface area contributed by atoms with Gasteiger partial charge in [-0.05, 0) is 17.7 Å². The molecule has 5 atom stereocenters. The fourth-order valence-corrected chi connectivity index (χ4v) is 3.20. The molecule has 10 N–H and O–H groups in total. The number of carbonyl (C=O) groups is 3. The summed E-state index contributed by atoms with van der Waals surface area (Å²) >= 11 is 0. The van der Waals surface area contributed by atoms with Gasteiger partial charge in [0.05, 0.1) is 13.2 Å². The number of benzene rings is 1. The van der Waals surface area contributed by atoms with Crippen LogP contribution in [0.2, 0.25) is 0 Å². The number of carbonyl (C=O) groups excluding carboxylic acids is 2. The second-order valence-electron chi connectivity index (χ2n) is 7.42. The largest absolute Gasteiger partial charge is 0.508 e. The summed E-state index contributed by atoms with van der Waals surface area (Å²) in [5, 5.41) is 63.5. The van der Waals surface area contributed by atoms with Crippen molar-refractivity contribution >= 4 is 17.8 Å². The number of nitrogens with two attached hydrogens (primary N) is 1. The van der Waals surface area contributed by atoms with Gasteiger partial charge in [-0.3, -0.25) is 14.4 Å². The van der Waals surface area contributed by atoms with Gasteiger partial charge in [0.1, 0.15) is 37.2 Å². The average Bonchev–Trinajstić information content (AvgIpc) is 2.98. The lowest BCUT2D eigenvalue weighted by Crippen LogP contribution is -2.96. The van der Waals surface area contributed by atoms with Crippen LogP contribution in [0.5, 0.6) is 5.75 Å². The van der Waals surface area contributed by atoms with Gasteiger partial charge < -0.3 is 51.3 Å². The summed E-state index contributed by atoms with van der Waals surface area (Å²) in [6.07, 6.45) is -4.36. The molecular weight excluding hydrogens is 430 g/mol. The molecule has 0 aromatic heterocycles. The van der Waals surface area contributed by atoms with E-state index in [1.807, 2.05) is 0 Å². The highest BCUT2D eigenvalue weighted by atomic mass is 16.7. The zero-order valence-electron chi connectivity index (χ0n) is 17.0. The Morgan fingerprint density at radius 1 is 1.12 bits per heavy atom. The van der Waals surface area contributed by atoms with Crippen molar-refractivity contribution in [3.05, 3.63) is 29.8 Å². The molecule has 2 rings (SSSR count). The summed E-state index contributed by atoms with van der Waals surface area (Å²) in [6.45, 7) is -2.11. The van der Waals surface area contributed by atoms with Crippen molar-refractivity contribution in [1.29, 1.82) is 0 Å². The van der Waals surface area contributed by atoms with E-state index in [4.69, 9.17) is 9.84 Å². The van der Waals surface area contributed by atoms with Crippen molar-refractivity contribution in [2.45, 2.75) is 36.6 Å². The molecule has 0 bridgehead atoms. The molecule has 0 unspecified atom stereocenters.